The number of hydrogen-bond acceptors (Lipinski definition) is 2. The van der Waals surface area contributed by atoms with Gasteiger partial charge in [-0.3, -0.25) is 0 Å². The van der Waals surface area contributed by atoms with Crippen LogP contribution in [0.15, 0.2) is 40.3 Å². The number of hydrogen-bond donors (Lipinski definition) is 0. The van der Waals surface area contributed by atoms with E-state index in [2.05, 4.69) is 54.2 Å². The van der Waals surface area contributed by atoms with E-state index in [4.69, 9.17) is 0 Å². The zero-order chi connectivity index (χ0) is 24.1. The number of nitrogens with zero attached hydrogens (tertiary/aromatic N) is 2. The summed E-state index contributed by atoms with van der Waals surface area (Å²) in [5, 5.41) is 0. The number of benzene rings is 1. The fraction of sp³-hybridized carbons (Fsp3) is 0.719. The zero-order valence-corrected chi connectivity index (χ0v) is 22.5. The minimum Gasteiger partial charge on any atom is -0.0965 e. The average Bonchev–Trinajstić information content (AvgIpc) is 3.39. The molecule has 1 aromatic rings. The van der Waals surface area contributed by atoms with Crippen molar-refractivity contribution in [2.75, 3.05) is 0 Å². The van der Waals surface area contributed by atoms with Crippen molar-refractivity contribution in [1.82, 2.24) is 0 Å². The molecule has 1 aliphatic rings. The van der Waals surface area contributed by atoms with Gasteiger partial charge in [-0.1, -0.05) is 157 Å². The van der Waals surface area contributed by atoms with Crippen LogP contribution in [0, 0.1) is 18.0 Å². The van der Waals surface area contributed by atoms with E-state index in [0.717, 1.165) is 19.0 Å². The van der Waals surface area contributed by atoms with E-state index in [-0.39, 0.29) is 0 Å². The summed E-state index contributed by atoms with van der Waals surface area (Å²) in [5.41, 5.74) is 1.45. The third-order valence-electron chi connectivity index (χ3n) is 7.59. The van der Waals surface area contributed by atoms with Gasteiger partial charge in [-0.2, -0.15) is 0 Å². The Hall–Kier alpha value is -1.57. The van der Waals surface area contributed by atoms with Gasteiger partial charge >= 0.3 is 0 Å². The van der Waals surface area contributed by atoms with Crippen molar-refractivity contribution in [3.63, 3.8) is 0 Å². The summed E-state index contributed by atoms with van der Waals surface area (Å²) in [4.78, 5) is 9.13. The van der Waals surface area contributed by atoms with Crippen LogP contribution in [-0.2, 0) is 6.42 Å². The molecule has 2 nitrogen and oxygen atoms in total. The van der Waals surface area contributed by atoms with E-state index in [0.29, 0.717) is 11.8 Å². The molecule has 34 heavy (non-hydrogen) atoms. The highest BCUT2D eigenvalue weighted by Gasteiger charge is 2.34. The lowest BCUT2D eigenvalue weighted by atomic mass is 9.80. The van der Waals surface area contributed by atoms with Crippen molar-refractivity contribution < 1.29 is 0 Å². The Morgan fingerprint density at radius 1 is 0.618 bits per heavy atom. The standard InChI is InChI=1S/C32H53N2/c1-3-5-6-7-8-9-10-11-12-13-14-15-16-17-18-22-25-30(28-29-23-20-19-21-24-29)31(4-2)32-33-26-27-34-32/h19-21,23-24,26-27,30-31H,3-18,22,25,28H2,1-2H3/q+1. The first-order valence-electron chi connectivity index (χ1n) is 14.8. The van der Waals surface area contributed by atoms with E-state index in [1.54, 1.807) is 0 Å². The summed E-state index contributed by atoms with van der Waals surface area (Å²) in [6.07, 6.45) is 31.2. The molecule has 0 bridgehead atoms. The predicted molar refractivity (Wildman–Crippen MR) is 152 cm³/mol. The zero-order valence-electron chi connectivity index (χ0n) is 22.5. The molecular formula is C32H53N2+. The maximum absolute atomic E-state index is 4.56. The Bertz CT molecular complexity index is 624. The molecule has 0 fully saturated rings. The SMILES string of the molecule is CCCCCCCCCCCCCCCCCCC(Cc1ccccc1)C(CC)[C+]1N=CC=N1. The summed E-state index contributed by atoms with van der Waals surface area (Å²) in [5.74, 6) is 1.12. The van der Waals surface area contributed by atoms with Gasteiger partial charge in [0.25, 0.3) is 0 Å². The molecule has 0 aromatic heterocycles. The number of unbranched alkanes of at least 4 members (excludes halogenated alkanes) is 15. The van der Waals surface area contributed by atoms with E-state index >= 15 is 0 Å². The van der Waals surface area contributed by atoms with Crippen molar-refractivity contribution >= 4 is 12.4 Å². The molecule has 2 rings (SSSR count). The molecule has 1 heterocycles. The van der Waals surface area contributed by atoms with Crippen LogP contribution in [0.2, 0.25) is 0 Å². The monoisotopic (exact) mass is 465 g/mol. The highest BCUT2D eigenvalue weighted by atomic mass is 15.0. The molecule has 0 spiro atoms. The van der Waals surface area contributed by atoms with Crippen LogP contribution in [0.5, 0.6) is 0 Å². The Balaban J connectivity index is 1.52. The van der Waals surface area contributed by atoms with Gasteiger partial charge in [-0.05, 0) is 30.7 Å². The second kappa shape index (κ2) is 19.7. The summed E-state index contributed by atoms with van der Waals surface area (Å²) >= 11 is 0. The van der Waals surface area contributed by atoms with Gasteiger partial charge in [0.1, 0.15) is 0 Å². The lowest BCUT2D eigenvalue weighted by molar-refractivity contribution is 0.300. The molecule has 190 valence electrons. The summed E-state index contributed by atoms with van der Waals surface area (Å²) in [6.45, 7) is 4.60. The lowest BCUT2D eigenvalue weighted by Gasteiger charge is -2.24. The smallest absolute Gasteiger partial charge is 0.0965 e. The minimum absolute atomic E-state index is 0.478. The van der Waals surface area contributed by atoms with Crippen LogP contribution in [-0.4, -0.2) is 12.4 Å². The van der Waals surface area contributed by atoms with Gasteiger partial charge in [0.05, 0.1) is 5.92 Å². The first-order valence-corrected chi connectivity index (χ1v) is 14.8. The van der Waals surface area contributed by atoms with Crippen LogP contribution < -0.4 is 0 Å². The van der Waals surface area contributed by atoms with Crippen LogP contribution >= 0.6 is 0 Å². The molecule has 0 saturated carbocycles. The third-order valence-corrected chi connectivity index (χ3v) is 7.59. The topological polar surface area (TPSA) is 24.7 Å². The highest BCUT2D eigenvalue weighted by molar-refractivity contribution is 6.18. The molecule has 0 radical (unpaired) electrons. The summed E-state index contributed by atoms with van der Waals surface area (Å²) in [7, 11) is 0. The third kappa shape index (κ3) is 12.8. The molecule has 2 unspecified atom stereocenters. The maximum Gasteiger partial charge on any atom is 0.244 e. The van der Waals surface area contributed by atoms with Gasteiger partial charge < -0.3 is 0 Å². The second-order valence-corrected chi connectivity index (χ2v) is 10.5. The van der Waals surface area contributed by atoms with Gasteiger partial charge in [-0.25, -0.2) is 0 Å². The molecule has 1 aliphatic heterocycles. The molecule has 0 amide bonds. The Kier molecular flexibility index (Phi) is 16.6. The van der Waals surface area contributed by atoms with E-state index in [9.17, 15) is 0 Å². The first kappa shape index (κ1) is 28.7. The predicted octanol–water partition coefficient (Wildman–Crippen LogP) is 10.2. The van der Waals surface area contributed by atoms with Gasteiger partial charge in [0.2, 0.25) is 6.17 Å². The molecule has 1 aromatic carbocycles. The van der Waals surface area contributed by atoms with Crippen molar-refractivity contribution in [3.05, 3.63) is 42.1 Å². The van der Waals surface area contributed by atoms with Crippen molar-refractivity contribution in [1.29, 1.82) is 0 Å². The minimum atomic E-state index is 0.478. The van der Waals surface area contributed by atoms with Gasteiger partial charge in [-0.15, -0.1) is 0 Å². The van der Waals surface area contributed by atoms with E-state index < -0.39 is 0 Å². The molecule has 0 aliphatic carbocycles. The molecule has 2 atom stereocenters. The van der Waals surface area contributed by atoms with Crippen molar-refractivity contribution in [2.24, 2.45) is 21.8 Å². The van der Waals surface area contributed by atoms with E-state index in [1.807, 2.05) is 12.4 Å². The molecular weight excluding hydrogens is 412 g/mol. The van der Waals surface area contributed by atoms with Crippen molar-refractivity contribution in [2.45, 2.75) is 136 Å². The quantitative estimate of drug-likeness (QED) is 0.120. The first-order chi connectivity index (χ1) is 16.8. The summed E-state index contributed by atoms with van der Waals surface area (Å²) < 4.78 is 0. The highest BCUT2D eigenvalue weighted by Crippen LogP contribution is 2.35. The number of rotatable bonds is 22. The Morgan fingerprint density at radius 3 is 1.56 bits per heavy atom. The van der Waals surface area contributed by atoms with Crippen LogP contribution in [0.25, 0.3) is 0 Å². The lowest BCUT2D eigenvalue weighted by Crippen LogP contribution is -2.21. The van der Waals surface area contributed by atoms with Crippen LogP contribution in [0.4, 0.5) is 0 Å². The van der Waals surface area contributed by atoms with Crippen LogP contribution in [0.3, 0.4) is 0 Å². The Morgan fingerprint density at radius 2 is 1.09 bits per heavy atom. The van der Waals surface area contributed by atoms with Crippen molar-refractivity contribution in [3.8, 4) is 0 Å². The van der Waals surface area contributed by atoms with Crippen LogP contribution in [0.1, 0.15) is 135 Å². The fourth-order valence-corrected chi connectivity index (χ4v) is 5.49. The molecule has 0 N–H and O–H groups in total. The largest absolute Gasteiger partial charge is 0.244 e. The maximum atomic E-state index is 4.56. The van der Waals surface area contributed by atoms with E-state index in [1.165, 1.54) is 115 Å². The Labute approximate surface area is 212 Å². The van der Waals surface area contributed by atoms with Gasteiger partial charge in [0.15, 0.2) is 12.4 Å². The molecule has 2 heteroatoms. The number of aliphatic imine (C=N–C) groups is 2. The normalized spacial score (nSPS) is 14.7. The fourth-order valence-electron chi connectivity index (χ4n) is 5.49. The second-order valence-electron chi connectivity index (χ2n) is 10.5. The summed E-state index contributed by atoms with van der Waals surface area (Å²) in [6, 6.07) is 11.0. The average molecular weight is 466 g/mol. The molecule has 0 saturated heterocycles. The van der Waals surface area contributed by atoms with Gasteiger partial charge in [0, 0.05) is 0 Å².